The van der Waals surface area contributed by atoms with Gasteiger partial charge in [-0.15, -0.1) is 11.3 Å². The molecule has 0 radical (unpaired) electrons. The van der Waals surface area contributed by atoms with E-state index >= 15 is 0 Å². The van der Waals surface area contributed by atoms with Crippen molar-refractivity contribution in [1.29, 1.82) is 0 Å². The molecular weight excluding hydrogens is 288 g/mol. The highest BCUT2D eigenvalue weighted by Crippen LogP contribution is 2.26. The van der Waals surface area contributed by atoms with E-state index in [2.05, 4.69) is 4.72 Å². The van der Waals surface area contributed by atoms with Gasteiger partial charge in [0.25, 0.3) is 0 Å². The smallest absolute Gasteiger partial charge is 0.241 e. The fourth-order valence-electron chi connectivity index (χ4n) is 1.94. The number of rotatable bonds is 5. The van der Waals surface area contributed by atoms with Crippen LogP contribution in [0, 0.1) is 12.8 Å². The fourth-order valence-corrected chi connectivity index (χ4v) is 5.85. The van der Waals surface area contributed by atoms with E-state index in [0.717, 1.165) is 27.7 Å². The predicted molar refractivity (Wildman–Crippen MR) is 77.6 cm³/mol. The number of sulfonamides is 1. The molecule has 1 fully saturated rings. The molecule has 7 heteroatoms. The molecule has 4 nitrogen and oxygen atoms in total. The van der Waals surface area contributed by atoms with Crippen LogP contribution < -0.4 is 10.5 Å². The summed E-state index contributed by atoms with van der Waals surface area (Å²) >= 11 is 3.34. The SMILES string of the molecule is Cc1sc(CN)cc1S(=O)(=O)NCC1CCSC1. The minimum Gasteiger partial charge on any atom is -0.326 e. The molecule has 1 atom stereocenters. The summed E-state index contributed by atoms with van der Waals surface area (Å²) in [5.74, 6) is 2.66. The number of aryl methyl sites for hydroxylation is 1. The molecule has 2 rings (SSSR count). The van der Waals surface area contributed by atoms with Gasteiger partial charge >= 0.3 is 0 Å². The summed E-state index contributed by atoms with van der Waals surface area (Å²) in [4.78, 5) is 2.10. The number of hydrogen-bond acceptors (Lipinski definition) is 5. The number of hydrogen-bond donors (Lipinski definition) is 2. The molecular formula is C11H18N2O2S3. The van der Waals surface area contributed by atoms with Crippen molar-refractivity contribution in [2.75, 3.05) is 18.1 Å². The Morgan fingerprint density at radius 2 is 2.33 bits per heavy atom. The van der Waals surface area contributed by atoms with Crippen LogP contribution in [-0.4, -0.2) is 26.5 Å². The first-order chi connectivity index (χ1) is 8.53. The Morgan fingerprint density at radius 3 is 2.89 bits per heavy atom. The van der Waals surface area contributed by atoms with Crippen molar-refractivity contribution in [1.82, 2.24) is 4.72 Å². The van der Waals surface area contributed by atoms with Crippen LogP contribution >= 0.6 is 23.1 Å². The average Bonchev–Trinajstić information content (AvgIpc) is 2.95. The second kappa shape index (κ2) is 5.92. The molecule has 0 aromatic carbocycles. The standard InChI is InChI=1S/C11H18N2O2S3/c1-8-11(4-10(5-12)17-8)18(14,15)13-6-9-2-3-16-7-9/h4,9,13H,2-3,5-7,12H2,1H3. The zero-order valence-electron chi connectivity index (χ0n) is 10.3. The zero-order chi connectivity index (χ0) is 13.2. The molecule has 2 heterocycles. The summed E-state index contributed by atoms with van der Waals surface area (Å²) in [5.41, 5.74) is 5.54. The zero-order valence-corrected chi connectivity index (χ0v) is 12.8. The monoisotopic (exact) mass is 306 g/mol. The average molecular weight is 306 g/mol. The van der Waals surface area contributed by atoms with Gasteiger partial charge < -0.3 is 5.73 Å². The van der Waals surface area contributed by atoms with Gasteiger partial charge in [0, 0.05) is 22.8 Å². The van der Waals surface area contributed by atoms with Crippen LogP contribution in [0.4, 0.5) is 0 Å². The first-order valence-corrected chi connectivity index (χ1v) is 9.35. The van der Waals surface area contributed by atoms with Crippen LogP contribution in [0.15, 0.2) is 11.0 Å². The van der Waals surface area contributed by atoms with Gasteiger partial charge in [0.15, 0.2) is 0 Å². The third-order valence-electron chi connectivity index (χ3n) is 3.00. The van der Waals surface area contributed by atoms with Crippen molar-refractivity contribution in [2.24, 2.45) is 11.7 Å². The van der Waals surface area contributed by atoms with Crippen LogP contribution in [0.5, 0.6) is 0 Å². The third-order valence-corrected chi connectivity index (χ3v) is 6.98. The first kappa shape index (κ1) is 14.3. The number of nitrogens with one attached hydrogen (secondary N) is 1. The van der Waals surface area contributed by atoms with Crippen LogP contribution in [0.1, 0.15) is 16.2 Å². The Balaban J connectivity index is 2.06. The van der Waals surface area contributed by atoms with Gasteiger partial charge in [-0.25, -0.2) is 13.1 Å². The second-order valence-electron chi connectivity index (χ2n) is 4.42. The lowest BCUT2D eigenvalue weighted by molar-refractivity contribution is 0.545. The van der Waals surface area contributed by atoms with Gasteiger partial charge in [-0.3, -0.25) is 0 Å². The van der Waals surface area contributed by atoms with E-state index in [-0.39, 0.29) is 0 Å². The topological polar surface area (TPSA) is 72.2 Å². The molecule has 0 amide bonds. The molecule has 1 aromatic rings. The van der Waals surface area contributed by atoms with Crippen molar-refractivity contribution >= 4 is 33.1 Å². The third kappa shape index (κ3) is 3.27. The highest BCUT2D eigenvalue weighted by atomic mass is 32.2. The van der Waals surface area contributed by atoms with E-state index < -0.39 is 10.0 Å². The van der Waals surface area contributed by atoms with E-state index in [1.54, 1.807) is 6.07 Å². The Morgan fingerprint density at radius 1 is 1.56 bits per heavy atom. The Kier molecular flexibility index (Phi) is 4.71. The van der Waals surface area contributed by atoms with Crippen molar-refractivity contribution in [3.05, 3.63) is 15.8 Å². The fraction of sp³-hybridized carbons (Fsp3) is 0.636. The predicted octanol–water partition coefficient (Wildman–Crippen LogP) is 1.55. The molecule has 0 spiro atoms. The lowest BCUT2D eigenvalue weighted by atomic mass is 10.1. The van der Waals surface area contributed by atoms with Gasteiger partial charge in [0.05, 0.1) is 4.90 Å². The van der Waals surface area contributed by atoms with E-state index in [1.165, 1.54) is 11.3 Å². The molecule has 3 N–H and O–H groups in total. The van der Waals surface area contributed by atoms with Gasteiger partial charge in [-0.2, -0.15) is 11.8 Å². The maximum absolute atomic E-state index is 12.2. The molecule has 1 aliphatic heterocycles. The largest absolute Gasteiger partial charge is 0.326 e. The van der Waals surface area contributed by atoms with Gasteiger partial charge in [0.2, 0.25) is 10.0 Å². The summed E-state index contributed by atoms with van der Waals surface area (Å²) in [6.07, 6.45) is 1.10. The van der Waals surface area contributed by atoms with E-state index in [0.29, 0.717) is 23.9 Å². The van der Waals surface area contributed by atoms with E-state index in [9.17, 15) is 8.42 Å². The number of nitrogens with two attached hydrogens (primary N) is 1. The molecule has 102 valence electrons. The van der Waals surface area contributed by atoms with Crippen LogP contribution in [-0.2, 0) is 16.6 Å². The molecule has 1 saturated heterocycles. The van der Waals surface area contributed by atoms with E-state index in [4.69, 9.17) is 5.73 Å². The number of thiophene rings is 1. The highest BCUT2D eigenvalue weighted by Gasteiger charge is 2.22. The lowest BCUT2D eigenvalue weighted by Gasteiger charge is -2.10. The molecule has 0 bridgehead atoms. The first-order valence-electron chi connectivity index (χ1n) is 5.89. The molecule has 18 heavy (non-hydrogen) atoms. The maximum Gasteiger partial charge on any atom is 0.241 e. The van der Waals surface area contributed by atoms with Crippen LogP contribution in [0.25, 0.3) is 0 Å². The van der Waals surface area contributed by atoms with Gasteiger partial charge in [-0.1, -0.05) is 0 Å². The van der Waals surface area contributed by atoms with Crippen LogP contribution in [0.3, 0.4) is 0 Å². The van der Waals surface area contributed by atoms with Crippen LogP contribution in [0.2, 0.25) is 0 Å². The normalized spacial score (nSPS) is 20.4. The van der Waals surface area contributed by atoms with Crippen molar-refractivity contribution < 1.29 is 8.42 Å². The van der Waals surface area contributed by atoms with Gasteiger partial charge in [0.1, 0.15) is 0 Å². The minimum atomic E-state index is -3.37. The summed E-state index contributed by atoms with van der Waals surface area (Å²) in [6, 6.07) is 1.69. The van der Waals surface area contributed by atoms with Crippen molar-refractivity contribution in [3.8, 4) is 0 Å². The summed E-state index contributed by atoms with van der Waals surface area (Å²) in [6.45, 7) is 2.76. The molecule has 1 aromatic heterocycles. The summed E-state index contributed by atoms with van der Waals surface area (Å²) in [7, 11) is -3.37. The Labute approximate surface area is 116 Å². The number of thioether (sulfide) groups is 1. The Bertz CT molecular complexity index is 504. The Hall–Kier alpha value is -0.0800. The molecule has 1 aliphatic rings. The molecule has 0 aliphatic carbocycles. The summed E-state index contributed by atoms with van der Waals surface area (Å²) < 4.78 is 27.1. The second-order valence-corrected chi connectivity index (χ2v) is 8.64. The minimum absolute atomic E-state index is 0.388. The summed E-state index contributed by atoms with van der Waals surface area (Å²) in [5, 5.41) is 0. The molecule has 0 saturated carbocycles. The quantitative estimate of drug-likeness (QED) is 0.866. The highest BCUT2D eigenvalue weighted by molar-refractivity contribution is 7.99. The molecule has 1 unspecified atom stereocenters. The lowest BCUT2D eigenvalue weighted by Crippen LogP contribution is -2.29. The van der Waals surface area contributed by atoms with Gasteiger partial charge in [-0.05, 0) is 36.8 Å². The van der Waals surface area contributed by atoms with Crippen molar-refractivity contribution in [3.63, 3.8) is 0 Å². The van der Waals surface area contributed by atoms with Crippen molar-refractivity contribution in [2.45, 2.75) is 24.8 Å². The van der Waals surface area contributed by atoms with E-state index in [1.807, 2.05) is 18.7 Å². The maximum atomic E-state index is 12.2.